The van der Waals surface area contributed by atoms with E-state index in [1.54, 1.807) is 24.7 Å². The lowest BCUT2D eigenvalue weighted by Crippen LogP contribution is -2.31. The molecule has 0 radical (unpaired) electrons. The number of fused-ring (bicyclic) bond motifs is 1. The summed E-state index contributed by atoms with van der Waals surface area (Å²) < 4.78 is 10.7. The third-order valence-corrected chi connectivity index (χ3v) is 6.40. The van der Waals surface area contributed by atoms with Crippen LogP contribution in [0.5, 0.6) is 11.5 Å². The molecule has 0 saturated heterocycles. The minimum atomic E-state index is 0.793. The van der Waals surface area contributed by atoms with Crippen molar-refractivity contribution in [3.63, 3.8) is 0 Å². The standard InChI is InChI=1S/C22H32N2O2S/c1-23(13-8-18-6-7-20(25-2)21(16-18)26-3)11-4-5-12-24-14-9-22-19(17-24)10-15-27-22/h6-7,10,15-16H,4-5,8-9,11-14,17H2,1-3H3. The van der Waals surface area contributed by atoms with Crippen molar-refractivity contribution in [3.05, 3.63) is 45.6 Å². The Balaban J connectivity index is 1.32. The Morgan fingerprint density at radius 3 is 2.74 bits per heavy atom. The van der Waals surface area contributed by atoms with E-state index in [-0.39, 0.29) is 0 Å². The normalized spacial score (nSPS) is 14.4. The number of unbranched alkanes of at least 4 members (excludes halogenated alkanes) is 1. The molecule has 0 fully saturated rings. The Labute approximate surface area is 167 Å². The van der Waals surface area contributed by atoms with Crippen LogP contribution in [0.3, 0.4) is 0 Å². The Morgan fingerprint density at radius 1 is 1.07 bits per heavy atom. The first kappa shape index (κ1) is 20.2. The summed E-state index contributed by atoms with van der Waals surface area (Å²) in [6.45, 7) is 5.82. The molecule has 5 heteroatoms. The molecule has 0 amide bonds. The zero-order valence-corrected chi connectivity index (χ0v) is 17.7. The maximum Gasteiger partial charge on any atom is 0.160 e. The number of thiophene rings is 1. The van der Waals surface area contributed by atoms with Gasteiger partial charge in [0.25, 0.3) is 0 Å². The molecular formula is C22H32N2O2S. The van der Waals surface area contributed by atoms with E-state index < -0.39 is 0 Å². The van der Waals surface area contributed by atoms with Crippen LogP contribution in [0.25, 0.3) is 0 Å². The van der Waals surface area contributed by atoms with Gasteiger partial charge in [-0.2, -0.15) is 0 Å². The van der Waals surface area contributed by atoms with E-state index in [4.69, 9.17) is 9.47 Å². The molecule has 4 nitrogen and oxygen atoms in total. The summed E-state index contributed by atoms with van der Waals surface area (Å²) in [6, 6.07) is 8.51. The average molecular weight is 389 g/mol. The van der Waals surface area contributed by atoms with Gasteiger partial charge in [-0.15, -0.1) is 11.3 Å². The highest BCUT2D eigenvalue weighted by atomic mass is 32.1. The first-order chi connectivity index (χ1) is 13.2. The Kier molecular flexibility index (Phi) is 7.56. The van der Waals surface area contributed by atoms with E-state index >= 15 is 0 Å². The van der Waals surface area contributed by atoms with E-state index in [1.165, 1.54) is 37.9 Å². The number of likely N-dealkylation sites (N-methyl/N-ethyl adjacent to an activating group) is 1. The molecule has 0 saturated carbocycles. The van der Waals surface area contributed by atoms with Crippen LogP contribution >= 0.6 is 11.3 Å². The third-order valence-electron chi connectivity index (χ3n) is 5.38. The van der Waals surface area contributed by atoms with Crippen molar-refractivity contribution >= 4 is 11.3 Å². The average Bonchev–Trinajstić information content (AvgIpc) is 3.17. The van der Waals surface area contributed by atoms with Crippen LogP contribution in [0.15, 0.2) is 29.6 Å². The molecule has 0 N–H and O–H groups in total. The van der Waals surface area contributed by atoms with Gasteiger partial charge in [-0.25, -0.2) is 0 Å². The lowest BCUT2D eigenvalue weighted by molar-refractivity contribution is 0.242. The van der Waals surface area contributed by atoms with Gasteiger partial charge in [-0.1, -0.05) is 6.07 Å². The van der Waals surface area contributed by atoms with Gasteiger partial charge in [-0.05, 0) is 80.5 Å². The van der Waals surface area contributed by atoms with Crippen molar-refractivity contribution in [2.24, 2.45) is 0 Å². The quantitative estimate of drug-likeness (QED) is 0.573. The van der Waals surface area contributed by atoms with Gasteiger partial charge in [0, 0.05) is 24.5 Å². The fraction of sp³-hybridized carbons (Fsp3) is 0.545. The van der Waals surface area contributed by atoms with Crippen LogP contribution < -0.4 is 9.47 Å². The van der Waals surface area contributed by atoms with Gasteiger partial charge >= 0.3 is 0 Å². The summed E-state index contributed by atoms with van der Waals surface area (Å²) in [4.78, 5) is 6.64. The molecule has 2 aromatic rings. The van der Waals surface area contributed by atoms with Crippen LogP contribution in [0.4, 0.5) is 0 Å². The summed E-state index contributed by atoms with van der Waals surface area (Å²) in [5, 5.41) is 2.24. The highest BCUT2D eigenvalue weighted by Crippen LogP contribution is 2.27. The Morgan fingerprint density at radius 2 is 1.93 bits per heavy atom. The monoisotopic (exact) mass is 388 g/mol. The van der Waals surface area contributed by atoms with Crippen LogP contribution in [-0.2, 0) is 19.4 Å². The van der Waals surface area contributed by atoms with Crippen LogP contribution in [0.2, 0.25) is 0 Å². The summed E-state index contributed by atoms with van der Waals surface area (Å²) in [6.07, 6.45) is 4.80. The summed E-state index contributed by atoms with van der Waals surface area (Å²) in [5.41, 5.74) is 2.85. The summed E-state index contributed by atoms with van der Waals surface area (Å²) in [5.74, 6) is 1.61. The van der Waals surface area contributed by atoms with Gasteiger partial charge in [0.15, 0.2) is 11.5 Å². The number of ether oxygens (including phenoxy) is 2. The fourth-order valence-corrected chi connectivity index (χ4v) is 4.57. The van der Waals surface area contributed by atoms with Crippen LogP contribution in [0, 0.1) is 0 Å². The van der Waals surface area contributed by atoms with Crippen molar-refractivity contribution < 1.29 is 9.47 Å². The summed E-state index contributed by atoms with van der Waals surface area (Å²) >= 11 is 1.92. The van der Waals surface area contributed by atoms with Gasteiger partial charge in [0.05, 0.1) is 14.2 Å². The van der Waals surface area contributed by atoms with Crippen LogP contribution in [-0.4, -0.2) is 57.2 Å². The van der Waals surface area contributed by atoms with Gasteiger partial charge in [0.2, 0.25) is 0 Å². The largest absolute Gasteiger partial charge is 0.493 e. The molecule has 0 bridgehead atoms. The smallest absolute Gasteiger partial charge is 0.160 e. The lowest BCUT2D eigenvalue weighted by Gasteiger charge is -2.27. The van der Waals surface area contributed by atoms with E-state index in [0.717, 1.165) is 37.6 Å². The summed E-state index contributed by atoms with van der Waals surface area (Å²) in [7, 11) is 5.59. The van der Waals surface area contributed by atoms with Crippen molar-refractivity contribution in [2.75, 3.05) is 47.4 Å². The third kappa shape index (κ3) is 5.71. The highest BCUT2D eigenvalue weighted by molar-refractivity contribution is 7.10. The second kappa shape index (κ2) is 10.1. The molecule has 1 aliphatic heterocycles. The lowest BCUT2D eigenvalue weighted by atomic mass is 10.1. The number of rotatable bonds is 10. The number of nitrogens with zero attached hydrogens (tertiary/aromatic N) is 2. The maximum atomic E-state index is 5.39. The second-order valence-corrected chi connectivity index (χ2v) is 8.35. The fourth-order valence-electron chi connectivity index (χ4n) is 3.68. The van der Waals surface area contributed by atoms with E-state index in [1.807, 2.05) is 17.4 Å². The topological polar surface area (TPSA) is 24.9 Å². The molecule has 27 heavy (non-hydrogen) atoms. The molecule has 0 atom stereocenters. The Hall–Kier alpha value is -1.56. The minimum absolute atomic E-state index is 0.793. The molecule has 0 spiro atoms. The zero-order chi connectivity index (χ0) is 19.1. The molecule has 3 rings (SSSR count). The molecule has 148 valence electrons. The first-order valence-electron chi connectivity index (χ1n) is 9.86. The van der Waals surface area contributed by atoms with Gasteiger partial charge in [0.1, 0.15) is 0 Å². The Bertz CT molecular complexity index is 716. The van der Waals surface area contributed by atoms with Crippen molar-refractivity contribution in [1.82, 2.24) is 9.80 Å². The van der Waals surface area contributed by atoms with Gasteiger partial charge < -0.3 is 14.4 Å². The number of benzene rings is 1. The number of hydrogen-bond donors (Lipinski definition) is 0. The van der Waals surface area contributed by atoms with Crippen molar-refractivity contribution in [3.8, 4) is 11.5 Å². The molecule has 1 aliphatic rings. The number of hydrogen-bond acceptors (Lipinski definition) is 5. The minimum Gasteiger partial charge on any atom is -0.493 e. The molecule has 1 aromatic heterocycles. The van der Waals surface area contributed by atoms with Crippen LogP contribution in [0.1, 0.15) is 28.8 Å². The van der Waals surface area contributed by atoms with E-state index in [0.29, 0.717) is 0 Å². The molecule has 1 aromatic carbocycles. The first-order valence-corrected chi connectivity index (χ1v) is 10.7. The SMILES string of the molecule is COc1ccc(CCN(C)CCCCN2CCc3sccc3C2)cc1OC. The van der Waals surface area contributed by atoms with E-state index in [9.17, 15) is 0 Å². The van der Waals surface area contributed by atoms with Crippen molar-refractivity contribution in [2.45, 2.75) is 32.2 Å². The second-order valence-electron chi connectivity index (χ2n) is 7.34. The molecule has 0 aliphatic carbocycles. The van der Waals surface area contributed by atoms with Gasteiger partial charge in [-0.3, -0.25) is 4.90 Å². The molecular weight excluding hydrogens is 356 g/mol. The molecule has 0 unspecified atom stereocenters. The van der Waals surface area contributed by atoms with Crippen molar-refractivity contribution in [1.29, 1.82) is 0 Å². The molecule has 2 heterocycles. The van der Waals surface area contributed by atoms with E-state index in [2.05, 4.69) is 40.4 Å². The zero-order valence-electron chi connectivity index (χ0n) is 16.9. The maximum absolute atomic E-state index is 5.39. The number of methoxy groups -OCH3 is 2. The highest BCUT2D eigenvalue weighted by Gasteiger charge is 2.16. The predicted octanol–water partition coefficient (Wildman–Crippen LogP) is 4.08. The predicted molar refractivity (Wildman–Crippen MR) is 113 cm³/mol.